The van der Waals surface area contributed by atoms with E-state index in [-0.39, 0.29) is 5.75 Å². The Bertz CT molecular complexity index is 605. The van der Waals surface area contributed by atoms with E-state index in [1.807, 2.05) is 0 Å². The summed E-state index contributed by atoms with van der Waals surface area (Å²) >= 11 is 2.61. The first-order valence-electron chi connectivity index (χ1n) is 6.22. The molecule has 104 valence electrons. The molecule has 0 fully saturated rings. The lowest BCUT2D eigenvalue weighted by atomic mass is 10.1. The van der Waals surface area contributed by atoms with E-state index >= 15 is 0 Å². The van der Waals surface area contributed by atoms with Gasteiger partial charge >= 0.3 is 5.97 Å². The van der Waals surface area contributed by atoms with Crippen LogP contribution in [0.25, 0.3) is 0 Å². The molecular formula is C13H13N3O2S2. The molecule has 1 heterocycles. The second kappa shape index (κ2) is 5.80. The molecule has 1 aliphatic carbocycles. The van der Waals surface area contributed by atoms with Gasteiger partial charge in [0.15, 0.2) is 4.34 Å². The number of benzene rings is 1. The third-order valence-electron chi connectivity index (χ3n) is 3.10. The fourth-order valence-electron chi connectivity index (χ4n) is 2.29. The molecule has 0 radical (unpaired) electrons. The third-order valence-corrected chi connectivity index (χ3v) is 5.08. The maximum absolute atomic E-state index is 10.5. The fraction of sp³-hybridized carbons (Fsp3) is 0.308. The van der Waals surface area contributed by atoms with Crippen LogP contribution in [0.3, 0.4) is 0 Å². The van der Waals surface area contributed by atoms with Gasteiger partial charge in [0.1, 0.15) is 0 Å². The van der Waals surface area contributed by atoms with Crippen molar-refractivity contribution in [1.29, 1.82) is 0 Å². The normalized spacial score (nSPS) is 14.2. The topological polar surface area (TPSA) is 75.1 Å². The van der Waals surface area contributed by atoms with Crippen molar-refractivity contribution in [3.8, 4) is 0 Å². The first kappa shape index (κ1) is 13.4. The number of aliphatic carboxylic acids is 1. The van der Waals surface area contributed by atoms with Gasteiger partial charge < -0.3 is 10.4 Å². The molecule has 1 aromatic carbocycles. The van der Waals surface area contributed by atoms with Crippen LogP contribution in [0.15, 0.2) is 28.6 Å². The van der Waals surface area contributed by atoms with Crippen LogP contribution in [-0.2, 0) is 17.6 Å². The Labute approximate surface area is 124 Å². The van der Waals surface area contributed by atoms with E-state index in [2.05, 4.69) is 39.8 Å². The highest BCUT2D eigenvalue weighted by molar-refractivity contribution is 8.01. The molecule has 7 heteroatoms. The minimum atomic E-state index is -0.842. The highest BCUT2D eigenvalue weighted by Crippen LogP contribution is 2.28. The van der Waals surface area contributed by atoms with Gasteiger partial charge in [0.05, 0.1) is 5.75 Å². The van der Waals surface area contributed by atoms with Crippen molar-refractivity contribution in [2.24, 2.45) is 0 Å². The zero-order chi connectivity index (χ0) is 13.9. The summed E-state index contributed by atoms with van der Waals surface area (Å²) in [5, 5.41) is 20.8. The van der Waals surface area contributed by atoms with Crippen LogP contribution in [-0.4, -0.2) is 33.1 Å². The number of rotatable bonds is 5. The summed E-state index contributed by atoms with van der Waals surface area (Å²) in [5.74, 6) is -0.824. The Hall–Kier alpha value is -1.60. The molecule has 1 aliphatic rings. The number of nitrogens with zero attached hydrogens (tertiary/aromatic N) is 2. The quantitative estimate of drug-likeness (QED) is 0.826. The van der Waals surface area contributed by atoms with Crippen molar-refractivity contribution < 1.29 is 9.90 Å². The standard InChI is InChI=1S/C13H13N3O2S2/c17-11(18)7-19-13-16-15-12(20-13)14-10-5-8-3-1-2-4-9(8)6-10/h1-4,10H,5-7H2,(H,14,15)(H,17,18). The number of aromatic nitrogens is 2. The van der Waals surface area contributed by atoms with Gasteiger partial charge in [-0.3, -0.25) is 4.79 Å². The average Bonchev–Trinajstić information content (AvgIpc) is 3.02. The van der Waals surface area contributed by atoms with Crippen LogP contribution in [0.1, 0.15) is 11.1 Å². The molecule has 5 nitrogen and oxygen atoms in total. The molecule has 0 aliphatic heterocycles. The first-order valence-corrected chi connectivity index (χ1v) is 8.02. The van der Waals surface area contributed by atoms with E-state index in [4.69, 9.17) is 5.11 Å². The van der Waals surface area contributed by atoms with Crippen molar-refractivity contribution >= 4 is 34.2 Å². The number of nitrogens with one attached hydrogen (secondary N) is 1. The van der Waals surface area contributed by atoms with Gasteiger partial charge in [-0.25, -0.2) is 0 Å². The maximum atomic E-state index is 10.5. The Morgan fingerprint density at radius 2 is 2.05 bits per heavy atom. The van der Waals surface area contributed by atoms with E-state index in [1.165, 1.54) is 34.2 Å². The molecule has 20 heavy (non-hydrogen) atoms. The number of carboxylic acid groups (broad SMARTS) is 1. The smallest absolute Gasteiger partial charge is 0.313 e. The zero-order valence-electron chi connectivity index (χ0n) is 10.6. The number of hydrogen-bond acceptors (Lipinski definition) is 6. The Morgan fingerprint density at radius 1 is 1.35 bits per heavy atom. The van der Waals surface area contributed by atoms with Gasteiger partial charge in [-0.2, -0.15) is 0 Å². The van der Waals surface area contributed by atoms with Gasteiger partial charge in [0, 0.05) is 6.04 Å². The predicted molar refractivity (Wildman–Crippen MR) is 79.5 cm³/mol. The van der Waals surface area contributed by atoms with E-state index in [1.54, 1.807) is 0 Å². The molecule has 3 rings (SSSR count). The van der Waals surface area contributed by atoms with Crippen LogP contribution in [0, 0.1) is 0 Å². The second-order valence-electron chi connectivity index (χ2n) is 4.57. The number of carbonyl (C=O) groups is 1. The summed E-state index contributed by atoms with van der Waals surface area (Å²) in [6.45, 7) is 0. The number of thioether (sulfide) groups is 1. The van der Waals surface area contributed by atoms with Crippen molar-refractivity contribution in [3.63, 3.8) is 0 Å². The molecule has 0 saturated carbocycles. The van der Waals surface area contributed by atoms with Crippen molar-refractivity contribution in [3.05, 3.63) is 35.4 Å². The predicted octanol–water partition coefficient (Wildman–Crippen LogP) is 2.29. The molecule has 0 spiro atoms. The monoisotopic (exact) mass is 307 g/mol. The molecule has 0 amide bonds. The summed E-state index contributed by atoms with van der Waals surface area (Å²) in [6.07, 6.45) is 1.99. The van der Waals surface area contributed by atoms with E-state index < -0.39 is 5.97 Å². The molecule has 1 aromatic heterocycles. The molecule has 0 saturated heterocycles. The molecule has 0 unspecified atom stereocenters. The van der Waals surface area contributed by atoms with E-state index in [0.717, 1.165) is 18.0 Å². The number of carboxylic acids is 1. The average molecular weight is 307 g/mol. The van der Waals surface area contributed by atoms with Gasteiger partial charge in [-0.05, 0) is 24.0 Å². The van der Waals surface area contributed by atoms with Gasteiger partial charge in [-0.1, -0.05) is 47.4 Å². The summed E-state index contributed by atoms with van der Waals surface area (Å²) in [7, 11) is 0. The van der Waals surface area contributed by atoms with Crippen LogP contribution < -0.4 is 5.32 Å². The van der Waals surface area contributed by atoms with Gasteiger partial charge in [-0.15, -0.1) is 10.2 Å². The summed E-state index contributed by atoms with van der Waals surface area (Å²) in [4.78, 5) is 10.5. The lowest BCUT2D eigenvalue weighted by Gasteiger charge is -2.09. The number of anilines is 1. The minimum absolute atomic E-state index is 0.0174. The maximum Gasteiger partial charge on any atom is 0.313 e. The Balaban J connectivity index is 1.58. The third kappa shape index (κ3) is 3.10. The lowest BCUT2D eigenvalue weighted by molar-refractivity contribution is -0.133. The second-order valence-corrected chi connectivity index (χ2v) is 6.77. The lowest BCUT2D eigenvalue weighted by Crippen LogP contribution is -2.19. The molecule has 2 aromatic rings. The Kier molecular flexibility index (Phi) is 3.88. The molecule has 0 bridgehead atoms. The summed E-state index contributed by atoms with van der Waals surface area (Å²) in [6, 6.07) is 8.79. The molecule has 0 atom stereocenters. The van der Waals surface area contributed by atoms with Gasteiger partial charge in [0.25, 0.3) is 0 Å². The van der Waals surface area contributed by atoms with Crippen LogP contribution in [0.4, 0.5) is 5.13 Å². The summed E-state index contributed by atoms with van der Waals surface area (Å²) < 4.78 is 0.686. The fourth-order valence-corrected chi connectivity index (χ4v) is 3.83. The first-order chi connectivity index (χ1) is 9.70. The van der Waals surface area contributed by atoms with Crippen molar-refractivity contribution in [2.75, 3.05) is 11.1 Å². The zero-order valence-corrected chi connectivity index (χ0v) is 12.2. The highest BCUT2D eigenvalue weighted by atomic mass is 32.2. The number of fused-ring (bicyclic) bond motifs is 1. The Morgan fingerprint density at radius 3 is 2.70 bits per heavy atom. The van der Waals surface area contributed by atoms with Crippen LogP contribution >= 0.6 is 23.1 Å². The van der Waals surface area contributed by atoms with Gasteiger partial charge in [0.2, 0.25) is 5.13 Å². The minimum Gasteiger partial charge on any atom is -0.481 e. The van der Waals surface area contributed by atoms with Crippen molar-refractivity contribution in [1.82, 2.24) is 10.2 Å². The van der Waals surface area contributed by atoms with Crippen LogP contribution in [0.5, 0.6) is 0 Å². The van der Waals surface area contributed by atoms with E-state index in [9.17, 15) is 4.79 Å². The SMILES string of the molecule is O=C(O)CSc1nnc(NC2Cc3ccccc3C2)s1. The van der Waals surface area contributed by atoms with E-state index in [0.29, 0.717) is 10.4 Å². The largest absolute Gasteiger partial charge is 0.481 e. The summed E-state index contributed by atoms with van der Waals surface area (Å²) in [5.41, 5.74) is 2.77. The number of hydrogen-bond donors (Lipinski definition) is 2. The molecular weight excluding hydrogens is 294 g/mol. The van der Waals surface area contributed by atoms with Crippen molar-refractivity contribution in [2.45, 2.75) is 23.2 Å². The van der Waals surface area contributed by atoms with Crippen LogP contribution in [0.2, 0.25) is 0 Å². The molecule has 2 N–H and O–H groups in total. The highest BCUT2D eigenvalue weighted by Gasteiger charge is 2.21.